The van der Waals surface area contributed by atoms with Gasteiger partial charge in [0.1, 0.15) is 11.2 Å². The van der Waals surface area contributed by atoms with E-state index < -0.39 is 35.4 Å². The second kappa shape index (κ2) is 9.76. The van der Waals surface area contributed by atoms with Crippen LogP contribution in [0.1, 0.15) is 67.4 Å². The monoisotopic (exact) mass is 484 g/mol. The molecule has 0 bridgehead atoms. The molecule has 8 heteroatoms. The van der Waals surface area contributed by atoms with Crippen LogP contribution >= 0.6 is 0 Å². The summed E-state index contributed by atoms with van der Waals surface area (Å²) in [4.78, 5) is 40.2. The summed E-state index contributed by atoms with van der Waals surface area (Å²) in [7, 11) is 0. The third-order valence-corrected chi connectivity index (χ3v) is 5.57. The van der Waals surface area contributed by atoms with Crippen molar-refractivity contribution >= 4 is 34.6 Å². The molecule has 0 saturated carbocycles. The minimum atomic E-state index is -0.650. The molecule has 0 radical (unpaired) electrons. The minimum absolute atomic E-state index is 0.218. The molecule has 0 aliphatic carbocycles. The molecule has 0 spiro atoms. The molecular weight excluding hydrogens is 448 g/mol. The zero-order valence-corrected chi connectivity index (χ0v) is 21.9. The lowest BCUT2D eigenvalue weighted by Crippen LogP contribution is -2.47. The molecule has 3 rings (SSSR count). The standard InChI is InChI=1S/C27H36N2O6/c1-9-33-23(30)22-17(2)28(24(31)34-26(3,4)5)15-13-20(22)19-11-10-18-12-14-29(21(18)16-19)25(32)35-27(6,7)8/h10-12,14,16-17H,9,13,15H2,1-8H3. The summed E-state index contributed by atoms with van der Waals surface area (Å²) in [6.07, 6.45) is 1.17. The number of fused-ring (bicyclic) bond motifs is 1. The van der Waals surface area contributed by atoms with E-state index in [1.54, 1.807) is 24.9 Å². The lowest BCUT2D eigenvalue weighted by Gasteiger charge is -2.37. The van der Waals surface area contributed by atoms with Crippen LogP contribution in [0.25, 0.3) is 16.5 Å². The fourth-order valence-corrected chi connectivity index (χ4v) is 4.13. The van der Waals surface area contributed by atoms with Crippen LogP contribution in [0.5, 0.6) is 0 Å². The van der Waals surface area contributed by atoms with Crippen LogP contribution in [0.2, 0.25) is 0 Å². The summed E-state index contributed by atoms with van der Waals surface area (Å²) in [5, 5.41) is 0.872. The Balaban J connectivity index is 2.06. The highest BCUT2D eigenvalue weighted by atomic mass is 16.6. The summed E-state index contributed by atoms with van der Waals surface area (Å²) in [5.41, 5.74) is 1.39. The van der Waals surface area contributed by atoms with Crippen molar-refractivity contribution in [3.8, 4) is 0 Å². The van der Waals surface area contributed by atoms with Crippen LogP contribution in [0.4, 0.5) is 9.59 Å². The summed E-state index contributed by atoms with van der Waals surface area (Å²) >= 11 is 0. The average molecular weight is 485 g/mol. The van der Waals surface area contributed by atoms with Crippen molar-refractivity contribution in [2.45, 2.75) is 79.1 Å². The smallest absolute Gasteiger partial charge is 0.418 e. The first kappa shape index (κ1) is 26.3. The number of amides is 1. The first-order valence-electron chi connectivity index (χ1n) is 12.0. The average Bonchev–Trinajstić information content (AvgIpc) is 3.14. The Bertz CT molecular complexity index is 1160. The van der Waals surface area contributed by atoms with Gasteiger partial charge in [0.2, 0.25) is 0 Å². The third-order valence-electron chi connectivity index (χ3n) is 5.57. The Morgan fingerprint density at radius 3 is 2.20 bits per heavy atom. The lowest BCUT2D eigenvalue weighted by atomic mass is 9.88. The fraction of sp³-hybridized carbons (Fsp3) is 0.519. The van der Waals surface area contributed by atoms with Gasteiger partial charge in [-0.2, -0.15) is 0 Å². The van der Waals surface area contributed by atoms with Crippen molar-refractivity contribution in [2.24, 2.45) is 0 Å². The minimum Gasteiger partial charge on any atom is -0.463 e. The second-order valence-electron chi connectivity index (χ2n) is 10.7. The number of rotatable bonds is 3. The molecule has 1 amide bonds. The molecule has 1 aliphatic heterocycles. The zero-order valence-electron chi connectivity index (χ0n) is 21.9. The molecule has 190 valence electrons. The van der Waals surface area contributed by atoms with Gasteiger partial charge in [0.05, 0.1) is 23.7 Å². The largest absolute Gasteiger partial charge is 0.463 e. The molecule has 0 fully saturated rings. The van der Waals surface area contributed by atoms with Gasteiger partial charge in [-0.3, -0.25) is 4.57 Å². The van der Waals surface area contributed by atoms with Crippen LogP contribution in [0.3, 0.4) is 0 Å². The Morgan fingerprint density at radius 2 is 1.60 bits per heavy atom. The number of carbonyl (C=O) groups excluding carboxylic acids is 3. The quantitative estimate of drug-likeness (QED) is 0.406. The van der Waals surface area contributed by atoms with Gasteiger partial charge in [-0.1, -0.05) is 12.1 Å². The highest BCUT2D eigenvalue weighted by Gasteiger charge is 2.36. The normalized spacial score (nSPS) is 16.9. The van der Waals surface area contributed by atoms with Gasteiger partial charge in [0, 0.05) is 18.1 Å². The number of aromatic nitrogens is 1. The topological polar surface area (TPSA) is 87.1 Å². The first-order valence-corrected chi connectivity index (χ1v) is 12.0. The molecule has 35 heavy (non-hydrogen) atoms. The third kappa shape index (κ3) is 6.05. The Labute approximate surface area is 206 Å². The summed E-state index contributed by atoms with van der Waals surface area (Å²) in [6, 6.07) is 7.01. The molecule has 2 heterocycles. The van der Waals surface area contributed by atoms with E-state index in [-0.39, 0.29) is 6.61 Å². The number of hydrogen-bond acceptors (Lipinski definition) is 6. The fourth-order valence-electron chi connectivity index (χ4n) is 4.13. The highest BCUT2D eigenvalue weighted by molar-refractivity contribution is 6.01. The van der Waals surface area contributed by atoms with Gasteiger partial charge in [-0.15, -0.1) is 0 Å². The maximum absolute atomic E-state index is 13.1. The summed E-state index contributed by atoms with van der Waals surface area (Å²) in [5.74, 6) is -0.467. The molecule has 1 atom stereocenters. The van der Waals surface area contributed by atoms with Crippen LogP contribution in [0, 0.1) is 0 Å². The van der Waals surface area contributed by atoms with Crippen LogP contribution in [0.15, 0.2) is 36.0 Å². The van der Waals surface area contributed by atoms with Gasteiger partial charge < -0.3 is 19.1 Å². The number of carbonyl (C=O) groups is 3. The Hall–Kier alpha value is -3.29. The van der Waals surface area contributed by atoms with Gasteiger partial charge in [-0.25, -0.2) is 14.4 Å². The molecule has 0 N–H and O–H groups in total. The maximum atomic E-state index is 13.1. The van der Waals surface area contributed by atoms with Crippen molar-refractivity contribution in [3.63, 3.8) is 0 Å². The Kier molecular flexibility index (Phi) is 7.34. The van der Waals surface area contributed by atoms with Crippen molar-refractivity contribution in [1.82, 2.24) is 9.47 Å². The van der Waals surface area contributed by atoms with E-state index in [0.29, 0.717) is 24.1 Å². The van der Waals surface area contributed by atoms with Gasteiger partial charge in [0.25, 0.3) is 0 Å². The first-order chi connectivity index (χ1) is 16.2. The number of benzene rings is 1. The summed E-state index contributed by atoms with van der Waals surface area (Å²) in [6.45, 7) is 15.0. The summed E-state index contributed by atoms with van der Waals surface area (Å²) < 4.78 is 17.9. The number of ether oxygens (including phenoxy) is 3. The van der Waals surface area contributed by atoms with Gasteiger partial charge >= 0.3 is 18.2 Å². The molecule has 1 aliphatic rings. The van der Waals surface area contributed by atoms with Crippen molar-refractivity contribution in [3.05, 3.63) is 41.6 Å². The molecule has 1 aromatic carbocycles. The van der Waals surface area contributed by atoms with Crippen LogP contribution < -0.4 is 0 Å². The SMILES string of the molecule is CCOC(=O)C1=C(c2ccc3ccn(C(=O)OC(C)(C)C)c3c2)CCN(C(=O)OC(C)(C)C)C1C. The van der Waals surface area contributed by atoms with E-state index in [9.17, 15) is 14.4 Å². The van der Waals surface area contributed by atoms with E-state index in [0.717, 1.165) is 16.5 Å². The predicted octanol–water partition coefficient (Wildman–Crippen LogP) is 5.77. The number of esters is 1. The molecule has 1 aromatic heterocycles. The van der Waals surface area contributed by atoms with Gasteiger partial charge in [0.15, 0.2) is 0 Å². The van der Waals surface area contributed by atoms with Crippen molar-refractivity contribution in [2.75, 3.05) is 13.2 Å². The number of hydrogen-bond donors (Lipinski definition) is 0. The van der Waals surface area contributed by atoms with Crippen molar-refractivity contribution < 1.29 is 28.6 Å². The predicted molar refractivity (Wildman–Crippen MR) is 134 cm³/mol. The van der Waals surface area contributed by atoms with Gasteiger partial charge in [-0.05, 0) is 85.1 Å². The van der Waals surface area contributed by atoms with Crippen LogP contribution in [-0.4, -0.2) is 58.0 Å². The molecule has 0 saturated heterocycles. The van der Waals surface area contributed by atoms with Crippen LogP contribution in [-0.2, 0) is 19.0 Å². The molecule has 2 aromatic rings. The van der Waals surface area contributed by atoms with E-state index in [1.165, 1.54) is 4.57 Å². The van der Waals surface area contributed by atoms with E-state index >= 15 is 0 Å². The number of nitrogens with zero attached hydrogens (tertiary/aromatic N) is 2. The lowest BCUT2D eigenvalue weighted by molar-refractivity contribution is -0.139. The molecular formula is C27H36N2O6. The molecule has 1 unspecified atom stereocenters. The highest BCUT2D eigenvalue weighted by Crippen LogP contribution is 2.34. The second-order valence-corrected chi connectivity index (χ2v) is 10.7. The zero-order chi connectivity index (χ0) is 26.1. The Morgan fingerprint density at radius 1 is 0.971 bits per heavy atom. The van der Waals surface area contributed by atoms with E-state index in [2.05, 4.69) is 0 Å². The molecule has 8 nitrogen and oxygen atoms in total. The van der Waals surface area contributed by atoms with Crippen molar-refractivity contribution in [1.29, 1.82) is 0 Å². The maximum Gasteiger partial charge on any atom is 0.418 e. The van der Waals surface area contributed by atoms with E-state index in [1.807, 2.05) is 65.8 Å². The van der Waals surface area contributed by atoms with E-state index in [4.69, 9.17) is 14.2 Å².